The van der Waals surface area contributed by atoms with Crippen LogP contribution in [0.2, 0.25) is 0 Å². The molecule has 0 unspecified atom stereocenters. The Labute approximate surface area is 112 Å². The number of phenolic OH excluding ortho intramolecular Hbond substituents is 1. The van der Waals surface area contributed by atoms with Gasteiger partial charge in [-0.2, -0.15) is 0 Å². The first-order valence-corrected chi connectivity index (χ1v) is 6.12. The van der Waals surface area contributed by atoms with Gasteiger partial charge < -0.3 is 20.1 Å². The van der Waals surface area contributed by atoms with Crippen molar-refractivity contribution >= 4 is 18.5 Å². The first kappa shape index (κ1) is 13.9. The quantitative estimate of drug-likeness (QED) is 0.773. The van der Waals surface area contributed by atoms with E-state index in [4.69, 9.17) is 15.0 Å². The second-order valence-corrected chi connectivity index (χ2v) is 5.77. The molecule has 6 heteroatoms. The first-order valence-electron chi connectivity index (χ1n) is 6.12. The van der Waals surface area contributed by atoms with Gasteiger partial charge in [-0.3, -0.25) is 4.79 Å². The molecule has 2 rings (SSSR count). The third-order valence-corrected chi connectivity index (χ3v) is 3.75. The highest BCUT2D eigenvalue weighted by atomic mass is 16.7. The van der Waals surface area contributed by atoms with E-state index >= 15 is 0 Å². The molecule has 3 N–H and O–H groups in total. The molecule has 19 heavy (non-hydrogen) atoms. The van der Waals surface area contributed by atoms with E-state index in [0.29, 0.717) is 5.46 Å². The van der Waals surface area contributed by atoms with Gasteiger partial charge in [0.15, 0.2) is 0 Å². The third-order valence-electron chi connectivity index (χ3n) is 3.75. The average Bonchev–Trinajstić information content (AvgIpc) is 2.47. The van der Waals surface area contributed by atoms with Gasteiger partial charge in [-0.05, 0) is 51.4 Å². The van der Waals surface area contributed by atoms with Crippen LogP contribution in [-0.2, 0) is 9.31 Å². The van der Waals surface area contributed by atoms with E-state index in [0.717, 1.165) is 0 Å². The summed E-state index contributed by atoms with van der Waals surface area (Å²) in [4.78, 5) is 11.2. The Hall–Kier alpha value is -1.53. The number of hydrogen-bond acceptors (Lipinski definition) is 4. The Morgan fingerprint density at radius 1 is 1.16 bits per heavy atom. The molecule has 1 aromatic rings. The second kappa shape index (κ2) is 4.25. The van der Waals surface area contributed by atoms with Crippen molar-refractivity contribution < 1.29 is 19.2 Å². The van der Waals surface area contributed by atoms with E-state index in [-0.39, 0.29) is 11.3 Å². The van der Waals surface area contributed by atoms with Crippen molar-refractivity contribution in [2.75, 3.05) is 0 Å². The monoisotopic (exact) mass is 263 g/mol. The predicted octanol–water partition coefficient (Wildman–Crippen LogP) is 0.790. The van der Waals surface area contributed by atoms with Crippen molar-refractivity contribution in [2.24, 2.45) is 5.73 Å². The number of hydrogen-bond donors (Lipinski definition) is 2. The highest BCUT2D eigenvalue weighted by molar-refractivity contribution is 6.62. The molecule has 0 aromatic heterocycles. The number of nitrogens with two attached hydrogens (primary N) is 1. The van der Waals surface area contributed by atoms with Gasteiger partial charge in [-0.1, -0.05) is 0 Å². The van der Waals surface area contributed by atoms with Gasteiger partial charge in [0.2, 0.25) is 5.91 Å². The summed E-state index contributed by atoms with van der Waals surface area (Å²) in [6.45, 7) is 7.74. The van der Waals surface area contributed by atoms with Crippen LogP contribution < -0.4 is 11.2 Å². The molecule has 0 radical (unpaired) electrons. The second-order valence-electron chi connectivity index (χ2n) is 5.77. The summed E-state index contributed by atoms with van der Waals surface area (Å²) in [5.74, 6) is -0.644. The van der Waals surface area contributed by atoms with Crippen LogP contribution in [0.25, 0.3) is 0 Å². The Bertz CT molecular complexity index is 511. The molecule has 102 valence electrons. The van der Waals surface area contributed by atoms with Crippen LogP contribution >= 0.6 is 0 Å². The van der Waals surface area contributed by atoms with Crippen molar-refractivity contribution in [3.05, 3.63) is 23.8 Å². The third kappa shape index (κ3) is 2.46. The molecule has 1 aliphatic heterocycles. The van der Waals surface area contributed by atoms with E-state index in [2.05, 4.69) is 0 Å². The van der Waals surface area contributed by atoms with Gasteiger partial charge in [0.1, 0.15) is 5.75 Å². The highest BCUT2D eigenvalue weighted by Crippen LogP contribution is 2.36. The standard InChI is InChI=1S/C13H18BNO4/c1-12(2)13(3,4)19-14(18-12)9-5-8(11(15)17)6-10(16)7-9/h5-7,16H,1-4H3,(H2,15,17). The summed E-state index contributed by atoms with van der Waals surface area (Å²) in [5.41, 5.74) is 5.08. The fourth-order valence-corrected chi connectivity index (χ4v) is 1.89. The van der Waals surface area contributed by atoms with E-state index in [1.807, 2.05) is 27.7 Å². The van der Waals surface area contributed by atoms with Gasteiger partial charge in [0, 0.05) is 5.56 Å². The van der Waals surface area contributed by atoms with E-state index in [1.165, 1.54) is 12.1 Å². The molecule has 5 nitrogen and oxygen atoms in total. The Morgan fingerprint density at radius 2 is 1.68 bits per heavy atom. The minimum atomic E-state index is -0.629. The summed E-state index contributed by atoms with van der Waals surface area (Å²) in [7, 11) is -0.629. The number of carbonyl (C=O) groups is 1. The predicted molar refractivity (Wildman–Crippen MR) is 72.3 cm³/mol. The number of phenols is 1. The minimum absolute atomic E-state index is 0.0407. The van der Waals surface area contributed by atoms with Crippen molar-refractivity contribution in [2.45, 2.75) is 38.9 Å². The topological polar surface area (TPSA) is 81.8 Å². The average molecular weight is 263 g/mol. The van der Waals surface area contributed by atoms with Gasteiger partial charge in [-0.25, -0.2) is 0 Å². The number of amides is 1. The Kier molecular flexibility index (Phi) is 3.11. The fraction of sp³-hybridized carbons (Fsp3) is 0.462. The number of primary amides is 1. The normalized spacial score (nSPS) is 20.5. The zero-order valence-corrected chi connectivity index (χ0v) is 11.6. The Balaban J connectivity index is 2.37. The van der Waals surface area contributed by atoms with Crippen LogP contribution in [0.5, 0.6) is 5.75 Å². The molecule has 1 fully saturated rings. The number of rotatable bonds is 2. The molecule has 0 aliphatic carbocycles. The van der Waals surface area contributed by atoms with Crippen molar-refractivity contribution in [3.63, 3.8) is 0 Å². The molecule has 1 saturated heterocycles. The van der Waals surface area contributed by atoms with Gasteiger partial charge >= 0.3 is 7.12 Å². The van der Waals surface area contributed by atoms with Crippen molar-refractivity contribution in [1.82, 2.24) is 0 Å². The maximum atomic E-state index is 11.2. The smallest absolute Gasteiger partial charge is 0.494 e. The lowest BCUT2D eigenvalue weighted by molar-refractivity contribution is 0.00578. The summed E-state index contributed by atoms with van der Waals surface area (Å²) >= 11 is 0. The first-order chi connectivity index (χ1) is 8.62. The molecular formula is C13H18BNO4. The van der Waals surface area contributed by atoms with Gasteiger partial charge in [0.05, 0.1) is 11.2 Å². The minimum Gasteiger partial charge on any atom is -0.508 e. The zero-order chi connectivity index (χ0) is 14.4. The lowest BCUT2D eigenvalue weighted by Crippen LogP contribution is -2.41. The van der Waals surface area contributed by atoms with E-state index < -0.39 is 24.2 Å². The lowest BCUT2D eigenvalue weighted by atomic mass is 9.78. The Morgan fingerprint density at radius 3 is 2.16 bits per heavy atom. The van der Waals surface area contributed by atoms with E-state index in [1.54, 1.807) is 6.07 Å². The number of benzene rings is 1. The summed E-state index contributed by atoms with van der Waals surface area (Å²) in [6.07, 6.45) is 0. The summed E-state index contributed by atoms with van der Waals surface area (Å²) in [5, 5.41) is 9.64. The van der Waals surface area contributed by atoms with Gasteiger partial charge in [-0.15, -0.1) is 0 Å². The molecule has 0 bridgehead atoms. The molecule has 0 spiro atoms. The lowest BCUT2D eigenvalue weighted by Gasteiger charge is -2.32. The molecular weight excluding hydrogens is 245 g/mol. The molecule has 1 amide bonds. The fourth-order valence-electron chi connectivity index (χ4n) is 1.89. The largest absolute Gasteiger partial charge is 0.508 e. The van der Waals surface area contributed by atoms with Crippen LogP contribution in [0.15, 0.2) is 18.2 Å². The maximum Gasteiger partial charge on any atom is 0.494 e. The molecule has 1 heterocycles. The molecule has 0 saturated carbocycles. The van der Waals surface area contributed by atoms with Crippen molar-refractivity contribution in [3.8, 4) is 5.75 Å². The van der Waals surface area contributed by atoms with Crippen LogP contribution in [0.1, 0.15) is 38.1 Å². The zero-order valence-electron chi connectivity index (χ0n) is 11.6. The van der Waals surface area contributed by atoms with Crippen LogP contribution in [0.4, 0.5) is 0 Å². The SMILES string of the molecule is CC1(C)OB(c2cc(O)cc(C(N)=O)c2)OC1(C)C. The van der Waals surface area contributed by atoms with Crippen LogP contribution in [0, 0.1) is 0 Å². The molecule has 0 atom stereocenters. The van der Waals surface area contributed by atoms with Crippen LogP contribution in [0.3, 0.4) is 0 Å². The van der Waals surface area contributed by atoms with E-state index in [9.17, 15) is 9.90 Å². The van der Waals surface area contributed by atoms with Crippen molar-refractivity contribution in [1.29, 1.82) is 0 Å². The van der Waals surface area contributed by atoms with Gasteiger partial charge in [0.25, 0.3) is 0 Å². The molecule has 1 aromatic carbocycles. The number of carbonyl (C=O) groups excluding carboxylic acids is 1. The molecule has 1 aliphatic rings. The van der Waals surface area contributed by atoms with Crippen LogP contribution in [-0.4, -0.2) is 29.3 Å². The maximum absolute atomic E-state index is 11.2. The highest BCUT2D eigenvalue weighted by Gasteiger charge is 2.51. The number of aromatic hydroxyl groups is 1. The summed E-state index contributed by atoms with van der Waals surface area (Å²) in [6, 6.07) is 4.40. The summed E-state index contributed by atoms with van der Waals surface area (Å²) < 4.78 is 11.7.